The molecule has 0 amide bonds. The van der Waals surface area contributed by atoms with E-state index in [2.05, 4.69) is 60.4 Å². The standard InChI is InChI=1S/C19H24N4/c1-15(2)18-3-5-19(6-4-18)23-14-17(12-21-23)13-22-9-7-16(11-20)8-10-22/h3-6,12,14-16H,7-10,13H2,1-2H3. The van der Waals surface area contributed by atoms with Gasteiger partial charge in [-0.05, 0) is 49.5 Å². The van der Waals surface area contributed by atoms with E-state index in [-0.39, 0.29) is 5.92 Å². The third-order valence-corrected chi connectivity index (χ3v) is 4.64. The number of likely N-dealkylation sites (tertiary alicyclic amines) is 1. The second kappa shape index (κ2) is 6.97. The van der Waals surface area contributed by atoms with Gasteiger partial charge >= 0.3 is 0 Å². The minimum absolute atomic E-state index is 0.244. The predicted octanol–water partition coefficient (Wildman–Crippen LogP) is 3.73. The summed E-state index contributed by atoms with van der Waals surface area (Å²) in [7, 11) is 0. The Morgan fingerprint density at radius 1 is 1.22 bits per heavy atom. The lowest BCUT2D eigenvalue weighted by Gasteiger charge is -2.28. The second-order valence-electron chi connectivity index (χ2n) is 6.72. The second-order valence-corrected chi connectivity index (χ2v) is 6.72. The first-order valence-corrected chi connectivity index (χ1v) is 8.41. The topological polar surface area (TPSA) is 44.9 Å². The van der Waals surface area contributed by atoms with E-state index in [0.29, 0.717) is 5.92 Å². The summed E-state index contributed by atoms with van der Waals surface area (Å²) in [5, 5.41) is 13.5. The smallest absolute Gasteiger partial charge is 0.0656 e. The van der Waals surface area contributed by atoms with Crippen molar-refractivity contribution in [3.8, 4) is 11.8 Å². The van der Waals surface area contributed by atoms with Crippen LogP contribution in [-0.2, 0) is 6.54 Å². The SMILES string of the molecule is CC(C)c1ccc(-n2cc(CN3CCC(C#N)CC3)cn2)cc1. The van der Waals surface area contributed by atoms with Crippen LogP contribution >= 0.6 is 0 Å². The van der Waals surface area contributed by atoms with Crippen molar-refractivity contribution in [1.29, 1.82) is 5.26 Å². The van der Waals surface area contributed by atoms with E-state index in [0.717, 1.165) is 38.2 Å². The molecule has 1 aromatic carbocycles. The van der Waals surface area contributed by atoms with Crippen LogP contribution in [0, 0.1) is 17.2 Å². The molecule has 1 fully saturated rings. The molecule has 0 N–H and O–H groups in total. The number of piperidine rings is 1. The van der Waals surface area contributed by atoms with Crippen molar-refractivity contribution >= 4 is 0 Å². The molecule has 1 aliphatic rings. The minimum atomic E-state index is 0.244. The summed E-state index contributed by atoms with van der Waals surface area (Å²) >= 11 is 0. The molecule has 1 saturated heterocycles. The van der Waals surface area contributed by atoms with E-state index in [9.17, 15) is 0 Å². The first-order chi connectivity index (χ1) is 11.2. The molecule has 2 aromatic rings. The Hall–Kier alpha value is -2.12. The molecule has 4 nitrogen and oxygen atoms in total. The van der Waals surface area contributed by atoms with Crippen LogP contribution < -0.4 is 0 Å². The van der Waals surface area contributed by atoms with Crippen LogP contribution in [0.1, 0.15) is 43.7 Å². The highest BCUT2D eigenvalue weighted by molar-refractivity contribution is 5.35. The number of aromatic nitrogens is 2. The average molecular weight is 308 g/mol. The molecular weight excluding hydrogens is 284 g/mol. The third-order valence-electron chi connectivity index (χ3n) is 4.64. The van der Waals surface area contributed by atoms with Crippen LogP contribution in [0.3, 0.4) is 0 Å². The zero-order valence-electron chi connectivity index (χ0n) is 13.9. The summed E-state index contributed by atoms with van der Waals surface area (Å²) in [6.45, 7) is 7.34. The molecule has 1 aromatic heterocycles. The molecule has 0 aliphatic carbocycles. The average Bonchev–Trinajstić information content (AvgIpc) is 3.04. The number of rotatable bonds is 4. The molecule has 0 radical (unpaired) electrons. The van der Waals surface area contributed by atoms with E-state index in [1.54, 1.807) is 0 Å². The molecule has 4 heteroatoms. The minimum Gasteiger partial charge on any atom is -0.299 e. The first-order valence-electron chi connectivity index (χ1n) is 8.41. The van der Waals surface area contributed by atoms with Crippen molar-refractivity contribution in [3.05, 3.63) is 47.8 Å². The molecular formula is C19H24N4. The molecule has 120 valence electrons. The maximum atomic E-state index is 8.97. The number of nitrogens with zero attached hydrogens (tertiary/aromatic N) is 4. The van der Waals surface area contributed by atoms with Gasteiger partial charge in [0.25, 0.3) is 0 Å². The highest BCUT2D eigenvalue weighted by atomic mass is 15.3. The predicted molar refractivity (Wildman–Crippen MR) is 91.3 cm³/mol. The Balaban J connectivity index is 1.63. The zero-order valence-corrected chi connectivity index (χ0v) is 13.9. The quantitative estimate of drug-likeness (QED) is 0.864. The van der Waals surface area contributed by atoms with E-state index < -0.39 is 0 Å². The fourth-order valence-electron chi connectivity index (χ4n) is 3.07. The van der Waals surface area contributed by atoms with Crippen molar-refractivity contribution in [2.45, 2.75) is 39.2 Å². The lowest BCUT2D eigenvalue weighted by Crippen LogP contribution is -2.32. The van der Waals surface area contributed by atoms with Gasteiger partial charge < -0.3 is 0 Å². The fraction of sp³-hybridized carbons (Fsp3) is 0.474. The van der Waals surface area contributed by atoms with Gasteiger partial charge in [-0.15, -0.1) is 0 Å². The summed E-state index contributed by atoms with van der Waals surface area (Å²) in [4.78, 5) is 2.41. The molecule has 0 spiro atoms. The van der Waals surface area contributed by atoms with Crippen molar-refractivity contribution in [1.82, 2.24) is 14.7 Å². The molecule has 0 atom stereocenters. The molecule has 2 heterocycles. The summed E-state index contributed by atoms with van der Waals surface area (Å²) in [6, 6.07) is 11.0. The molecule has 0 saturated carbocycles. The van der Waals surface area contributed by atoms with Gasteiger partial charge in [0, 0.05) is 24.2 Å². The first kappa shape index (κ1) is 15.8. The largest absolute Gasteiger partial charge is 0.299 e. The Morgan fingerprint density at radius 2 is 1.91 bits per heavy atom. The summed E-state index contributed by atoms with van der Waals surface area (Å²) < 4.78 is 1.95. The highest BCUT2D eigenvalue weighted by Gasteiger charge is 2.19. The zero-order chi connectivity index (χ0) is 16.2. The summed E-state index contributed by atoms with van der Waals surface area (Å²) in [5.41, 5.74) is 3.68. The van der Waals surface area contributed by atoms with Gasteiger partial charge in [-0.2, -0.15) is 10.4 Å². The normalized spacial score (nSPS) is 16.6. The number of nitriles is 1. The van der Waals surface area contributed by atoms with Gasteiger partial charge in [0.1, 0.15) is 0 Å². The van der Waals surface area contributed by atoms with Gasteiger partial charge in [-0.25, -0.2) is 4.68 Å². The molecule has 23 heavy (non-hydrogen) atoms. The van der Waals surface area contributed by atoms with Crippen molar-refractivity contribution < 1.29 is 0 Å². The Kier molecular flexibility index (Phi) is 4.78. The molecule has 3 rings (SSSR count). The number of hydrogen-bond donors (Lipinski definition) is 0. The van der Waals surface area contributed by atoms with Gasteiger partial charge in [-0.3, -0.25) is 4.90 Å². The maximum Gasteiger partial charge on any atom is 0.0656 e. The van der Waals surface area contributed by atoms with E-state index in [1.165, 1.54) is 11.1 Å². The molecule has 0 unspecified atom stereocenters. The van der Waals surface area contributed by atoms with E-state index in [4.69, 9.17) is 5.26 Å². The van der Waals surface area contributed by atoms with Crippen molar-refractivity contribution in [3.63, 3.8) is 0 Å². The Labute approximate surface area is 138 Å². The van der Waals surface area contributed by atoms with Gasteiger partial charge in [0.15, 0.2) is 0 Å². The van der Waals surface area contributed by atoms with Crippen LogP contribution in [-0.4, -0.2) is 27.8 Å². The van der Waals surface area contributed by atoms with Crippen LogP contribution in [0.2, 0.25) is 0 Å². The van der Waals surface area contributed by atoms with Gasteiger partial charge in [-0.1, -0.05) is 26.0 Å². The van der Waals surface area contributed by atoms with Gasteiger partial charge in [0.2, 0.25) is 0 Å². The fourth-order valence-corrected chi connectivity index (χ4v) is 3.07. The lowest BCUT2D eigenvalue weighted by molar-refractivity contribution is 0.198. The lowest BCUT2D eigenvalue weighted by atomic mass is 9.98. The van der Waals surface area contributed by atoms with Gasteiger partial charge in [0.05, 0.1) is 18.0 Å². The monoisotopic (exact) mass is 308 g/mol. The van der Waals surface area contributed by atoms with Crippen LogP contribution in [0.4, 0.5) is 0 Å². The van der Waals surface area contributed by atoms with Crippen LogP contribution in [0.25, 0.3) is 5.69 Å². The van der Waals surface area contributed by atoms with Crippen LogP contribution in [0.15, 0.2) is 36.7 Å². The van der Waals surface area contributed by atoms with Crippen molar-refractivity contribution in [2.24, 2.45) is 5.92 Å². The highest BCUT2D eigenvalue weighted by Crippen LogP contribution is 2.19. The van der Waals surface area contributed by atoms with Crippen LogP contribution in [0.5, 0.6) is 0 Å². The van der Waals surface area contributed by atoms with Crippen molar-refractivity contribution in [2.75, 3.05) is 13.1 Å². The number of hydrogen-bond acceptors (Lipinski definition) is 3. The number of benzene rings is 1. The summed E-state index contributed by atoms with van der Waals surface area (Å²) in [5.74, 6) is 0.794. The van der Waals surface area contributed by atoms with E-state index >= 15 is 0 Å². The van der Waals surface area contributed by atoms with E-state index in [1.807, 2.05) is 10.9 Å². The third kappa shape index (κ3) is 3.80. The maximum absolute atomic E-state index is 8.97. The molecule has 1 aliphatic heterocycles. The summed E-state index contributed by atoms with van der Waals surface area (Å²) in [6.07, 6.45) is 6.04. The molecule has 0 bridgehead atoms. The Bertz CT molecular complexity index is 670. The Morgan fingerprint density at radius 3 is 2.52 bits per heavy atom.